The van der Waals surface area contributed by atoms with Gasteiger partial charge in [0.2, 0.25) is 0 Å². The van der Waals surface area contributed by atoms with Gasteiger partial charge in [-0.3, -0.25) is 4.68 Å². The van der Waals surface area contributed by atoms with Crippen LogP contribution in [-0.2, 0) is 6.54 Å². The Labute approximate surface area is 194 Å². The number of benzene rings is 2. The molecule has 0 radical (unpaired) electrons. The van der Waals surface area contributed by atoms with Crippen LogP contribution < -0.4 is 14.2 Å². The van der Waals surface area contributed by atoms with Crippen LogP contribution in [0.3, 0.4) is 0 Å². The van der Waals surface area contributed by atoms with Crippen LogP contribution in [0, 0.1) is 5.92 Å². The highest BCUT2D eigenvalue weighted by Crippen LogP contribution is 2.40. The number of ether oxygens (including phenoxy) is 3. The maximum absolute atomic E-state index is 11.7. The molecule has 0 fully saturated rings. The van der Waals surface area contributed by atoms with Crippen molar-refractivity contribution < 1.29 is 24.1 Å². The number of para-hydroxylation sites is 1. The van der Waals surface area contributed by atoms with Crippen LogP contribution in [0.4, 0.5) is 0 Å². The maximum Gasteiger partial charge on any atom is 0.335 e. The first kappa shape index (κ1) is 24.2. The molecule has 3 rings (SSSR count). The van der Waals surface area contributed by atoms with Crippen molar-refractivity contribution in [2.75, 3.05) is 20.8 Å². The molecule has 33 heavy (non-hydrogen) atoms. The molecule has 176 valence electrons. The smallest absolute Gasteiger partial charge is 0.335 e. The van der Waals surface area contributed by atoms with Crippen LogP contribution in [0.15, 0.2) is 42.5 Å². The summed E-state index contributed by atoms with van der Waals surface area (Å²) >= 11 is 0. The lowest BCUT2D eigenvalue weighted by atomic mass is 10.0. The van der Waals surface area contributed by atoms with Gasteiger partial charge in [-0.05, 0) is 48.7 Å². The van der Waals surface area contributed by atoms with Gasteiger partial charge in [-0.25, -0.2) is 4.79 Å². The number of aromatic carboxylic acids is 1. The molecule has 1 N–H and O–H groups in total. The Bertz CT molecular complexity index is 1100. The lowest BCUT2D eigenvalue weighted by Crippen LogP contribution is -2.08. The van der Waals surface area contributed by atoms with Gasteiger partial charge in [0, 0.05) is 17.7 Å². The van der Waals surface area contributed by atoms with Crippen molar-refractivity contribution in [2.24, 2.45) is 5.92 Å². The van der Waals surface area contributed by atoms with E-state index in [1.165, 1.54) is 0 Å². The summed E-state index contributed by atoms with van der Waals surface area (Å²) in [7, 11) is 3.22. The van der Waals surface area contributed by atoms with Gasteiger partial charge in [0.05, 0.1) is 37.8 Å². The van der Waals surface area contributed by atoms with Crippen molar-refractivity contribution in [3.05, 3.63) is 48.0 Å². The summed E-state index contributed by atoms with van der Waals surface area (Å²) in [6.45, 7) is 7.58. The van der Waals surface area contributed by atoms with Crippen molar-refractivity contribution >= 4 is 5.97 Å². The van der Waals surface area contributed by atoms with Crippen LogP contribution >= 0.6 is 0 Å². The molecule has 0 bridgehead atoms. The number of unbranched alkanes of at least 4 members (excludes halogenated alkanes) is 1. The summed E-state index contributed by atoms with van der Waals surface area (Å²) in [5.41, 5.74) is 3.18. The lowest BCUT2D eigenvalue weighted by Gasteiger charge is -2.14. The van der Waals surface area contributed by atoms with Gasteiger partial charge in [-0.1, -0.05) is 33.3 Å². The van der Waals surface area contributed by atoms with Gasteiger partial charge in [-0.15, -0.1) is 0 Å². The highest BCUT2D eigenvalue weighted by molar-refractivity contribution is 5.90. The minimum Gasteiger partial charge on any atom is -0.493 e. The summed E-state index contributed by atoms with van der Waals surface area (Å²) in [4.78, 5) is 11.7. The molecule has 0 amide bonds. The summed E-state index contributed by atoms with van der Waals surface area (Å²) in [5.74, 6) is 1.22. The standard InChI is InChI=1S/C26H32N2O5/c1-6-7-13-33-23-12-11-18(26(29)30)14-20(23)21-15-22(28(27-21)16-17(2)3)19-9-8-10-24(31-4)25(19)32-5/h8-12,14-15,17H,6-7,13,16H2,1-5H3,(H,29,30). The average Bonchev–Trinajstić information content (AvgIpc) is 3.21. The number of methoxy groups -OCH3 is 2. The molecule has 7 nitrogen and oxygen atoms in total. The Morgan fingerprint density at radius 3 is 2.48 bits per heavy atom. The highest BCUT2D eigenvalue weighted by Gasteiger charge is 2.21. The first-order valence-corrected chi connectivity index (χ1v) is 11.2. The normalized spacial score (nSPS) is 11.0. The fourth-order valence-electron chi connectivity index (χ4n) is 3.65. The minimum atomic E-state index is -0.993. The van der Waals surface area contributed by atoms with Crippen LogP contribution in [0.1, 0.15) is 44.0 Å². The number of hydrogen-bond donors (Lipinski definition) is 1. The zero-order valence-electron chi connectivity index (χ0n) is 19.9. The molecule has 1 aromatic heterocycles. The maximum atomic E-state index is 11.7. The Hall–Kier alpha value is -3.48. The lowest BCUT2D eigenvalue weighted by molar-refractivity contribution is 0.0697. The van der Waals surface area contributed by atoms with Gasteiger partial charge in [0.15, 0.2) is 11.5 Å². The van der Waals surface area contributed by atoms with Gasteiger partial charge >= 0.3 is 5.97 Å². The first-order chi connectivity index (χ1) is 15.9. The van der Waals surface area contributed by atoms with Crippen LogP contribution in [-0.4, -0.2) is 41.7 Å². The number of carboxylic acids is 1. The fraction of sp³-hybridized carbons (Fsp3) is 0.385. The second-order valence-electron chi connectivity index (χ2n) is 8.25. The number of rotatable bonds is 11. The third-order valence-corrected chi connectivity index (χ3v) is 5.25. The van der Waals surface area contributed by atoms with E-state index in [2.05, 4.69) is 20.8 Å². The zero-order chi connectivity index (χ0) is 24.0. The summed E-state index contributed by atoms with van der Waals surface area (Å²) in [6, 6.07) is 12.6. The minimum absolute atomic E-state index is 0.187. The number of nitrogens with zero attached hydrogens (tertiary/aromatic N) is 2. The van der Waals surface area contributed by atoms with Crippen LogP contribution in [0.2, 0.25) is 0 Å². The van der Waals surface area contributed by atoms with E-state index >= 15 is 0 Å². The molecule has 0 unspecified atom stereocenters. The molecule has 2 aromatic carbocycles. The van der Waals surface area contributed by atoms with Gasteiger partial charge in [-0.2, -0.15) is 5.10 Å². The molecule has 0 saturated heterocycles. The molecule has 0 atom stereocenters. The van der Waals surface area contributed by atoms with Gasteiger partial charge in [0.25, 0.3) is 0 Å². The third kappa shape index (κ3) is 5.48. The van der Waals surface area contributed by atoms with E-state index < -0.39 is 5.97 Å². The number of carboxylic acid groups (broad SMARTS) is 1. The van der Waals surface area contributed by atoms with Crippen LogP contribution in [0.25, 0.3) is 22.5 Å². The molecule has 0 spiro atoms. The zero-order valence-corrected chi connectivity index (χ0v) is 19.9. The highest BCUT2D eigenvalue weighted by atomic mass is 16.5. The predicted octanol–water partition coefficient (Wildman–Crippen LogP) is 5.77. The Balaban J connectivity index is 2.19. The van der Waals surface area contributed by atoms with Crippen molar-refractivity contribution in [3.8, 4) is 39.8 Å². The molecular formula is C26H32N2O5. The second kappa shape index (κ2) is 10.9. The number of hydrogen-bond acceptors (Lipinski definition) is 5. The topological polar surface area (TPSA) is 82.8 Å². The largest absolute Gasteiger partial charge is 0.493 e. The quantitative estimate of drug-likeness (QED) is 0.372. The molecule has 0 aliphatic carbocycles. The molecule has 0 aliphatic heterocycles. The van der Waals surface area contributed by atoms with E-state index in [1.54, 1.807) is 32.4 Å². The van der Waals surface area contributed by atoms with E-state index in [9.17, 15) is 9.90 Å². The van der Waals surface area contributed by atoms with E-state index in [-0.39, 0.29) is 5.56 Å². The number of carbonyl (C=O) groups is 1. The first-order valence-electron chi connectivity index (χ1n) is 11.2. The Morgan fingerprint density at radius 2 is 1.85 bits per heavy atom. The van der Waals surface area contributed by atoms with Crippen LogP contribution in [0.5, 0.6) is 17.2 Å². The van der Waals surface area contributed by atoms with E-state index in [1.807, 2.05) is 28.9 Å². The average molecular weight is 453 g/mol. The summed E-state index contributed by atoms with van der Waals surface area (Å²) in [6.07, 6.45) is 1.92. The Morgan fingerprint density at radius 1 is 1.06 bits per heavy atom. The SMILES string of the molecule is CCCCOc1ccc(C(=O)O)cc1-c1cc(-c2cccc(OC)c2OC)n(CC(C)C)n1. The molecular weight excluding hydrogens is 420 g/mol. The van der Waals surface area contributed by atoms with E-state index in [0.717, 1.165) is 24.1 Å². The van der Waals surface area contributed by atoms with Crippen molar-refractivity contribution in [2.45, 2.75) is 40.2 Å². The molecule has 7 heteroatoms. The van der Waals surface area contributed by atoms with E-state index in [4.69, 9.17) is 19.3 Å². The van der Waals surface area contributed by atoms with E-state index in [0.29, 0.717) is 47.6 Å². The second-order valence-corrected chi connectivity index (χ2v) is 8.25. The van der Waals surface area contributed by atoms with Gasteiger partial charge < -0.3 is 19.3 Å². The van der Waals surface area contributed by atoms with Crippen molar-refractivity contribution in [3.63, 3.8) is 0 Å². The van der Waals surface area contributed by atoms with Crippen molar-refractivity contribution in [1.29, 1.82) is 0 Å². The molecule has 0 saturated carbocycles. The summed E-state index contributed by atoms with van der Waals surface area (Å²) in [5, 5.41) is 14.4. The van der Waals surface area contributed by atoms with Gasteiger partial charge in [0.1, 0.15) is 5.75 Å². The molecule has 0 aliphatic rings. The predicted molar refractivity (Wildman–Crippen MR) is 128 cm³/mol. The molecule has 3 aromatic rings. The fourth-order valence-corrected chi connectivity index (χ4v) is 3.65. The monoisotopic (exact) mass is 452 g/mol. The number of aromatic nitrogens is 2. The Kier molecular flexibility index (Phi) is 7.98. The van der Waals surface area contributed by atoms with Crippen molar-refractivity contribution in [1.82, 2.24) is 9.78 Å². The third-order valence-electron chi connectivity index (χ3n) is 5.25. The summed E-state index contributed by atoms with van der Waals surface area (Å²) < 4.78 is 19.1. The molecule has 1 heterocycles.